The number of aryl methyl sites for hydroxylation is 1. The number of amides is 1. The minimum Gasteiger partial charge on any atom is -0.465 e. The smallest absolute Gasteiger partial charge is 0.408 e. The van der Waals surface area contributed by atoms with Gasteiger partial charge in [0, 0.05) is 36.4 Å². The van der Waals surface area contributed by atoms with E-state index in [0.717, 1.165) is 59.6 Å². The number of carbonyl (C=O) groups is 1. The zero-order chi connectivity index (χ0) is 26.2. The first-order valence-corrected chi connectivity index (χ1v) is 12.6. The van der Waals surface area contributed by atoms with Crippen LogP contribution in [0.4, 0.5) is 10.6 Å². The Morgan fingerprint density at radius 1 is 1.11 bits per heavy atom. The van der Waals surface area contributed by atoms with Crippen LogP contribution in [0.25, 0.3) is 28.1 Å². The van der Waals surface area contributed by atoms with Crippen molar-refractivity contribution >= 4 is 22.8 Å². The number of aromatic nitrogens is 6. The molecule has 4 aromatic heterocycles. The van der Waals surface area contributed by atoms with Crippen molar-refractivity contribution in [2.75, 3.05) is 18.0 Å². The second-order valence-electron chi connectivity index (χ2n) is 10.4. The first-order chi connectivity index (χ1) is 17.7. The molecule has 4 aromatic rings. The summed E-state index contributed by atoms with van der Waals surface area (Å²) in [4.78, 5) is 34.3. The van der Waals surface area contributed by atoms with E-state index in [1.54, 1.807) is 34.4 Å². The van der Waals surface area contributed by atoms with Gasteiger partial charge in [-0.15, -0.1) is 0 Å². The van der Waals surface area contributed by atoms with Crippen LogP contribution in [0.15, 0.2) is 49.1 Å². The van der Waals surface area contributed by atoms with Crippen molar-refractivity contribution in [1.29, 1.82) is 0 Å². The van der Waals surface area contributed by atoms with Crippen LogP contribution in [-0.4, -0.2) is 70.5 Å². The van der Waals surface area contributed by atoms with Gasteiger partial charge in [-0.3, -0.25) is 14.9 Å². The quantitative estimate of drug-likeness (QED) is 0.424. The molecule has 10 nitrogen and oxygen atoms in total. The zero-order valence-corrected chi connectivity index (χ0v) is 21.7. The highest BCUT2D eigenvalue weighted by molar-refractivity contribution is 5.82. The Hall–Kier alpha value is -4.08. The maximum absolute atomic E-state index is 12.1. The maximum atomic E-state index is 12.1. The molecular weight excluding hydrogens is 468 g/mol. The third-order valence-corrected chi connectivity index (χ3v) is 6.71. The van der Waals surface area contributed by atoms with E-state index in [9.17, 15) is 9.90 Å². The number of carboxylic acid groups (broad SMARTS) is 1. The third-order valence-electron chi connectivity index (χ3n) is 6.71. The fourth-order valence-electron chi connectivity index (χ4n) is 5.01. The highest BCUT2D eigenvalue weighted by atomic mass is 16.4. The van der Waals surface area contributed by atoms with Crippen molar-refractivity contribution in [3.8, 4) is 17.2 Å². The molecule has 1 N–H and O–H groups in total. The summed E-state index contributed by atoms with van der Waals surface area (Å²) in [5.74, 6) is 1.49. The number of pyridine rings is 2. The summed E-state index contributed by atoms with van der Waals surface area (Å²) in [6.07, 6.45) is 8.70. The maximum Gasteiger partial charge on any atom is 0.408 e. The van der Waals surface area contributed by atoms with E-state index in [4.69, 9.17) is 4.98 Å². The van der Waals surface area contributed by atoms with E-state index in [-0.39, 0.29) is 6.04 Å². The summed E-state index contributed by atoms with van der Waals surface area (Å²) in [6, 6.07) is 7.72. The highest BCUT2D eigenvalue weighted by Gasteiger charge is 2.36. The molecule has 0 spiro atoms. The molecule has 5 rings (SSSR count). The van der Waals surface area contributed by atoms with Crippen molar-refractivity contribution in [3.63, 3.8) is 0 Å². The molecule has 10 heteroatoms. The van der Waals surface area contributed by atoms with Crippen molar-refractivity contribution in [1.82, 2.24) is 34.6 Å². The summed E-state index contributed by atoms with van der Waals surface area (Å²) in [5, 5.41) is 15.4. The van der Waals surface area contributed by atoms with Gasteiger partial charge in [-0.2, -0.15) is 5.10 Å². The fourth-order valence-corrected chi connectivity index (χ4v) is 5.01. The van der Waals surface area contributed by atoms with Gasteiger partial charge in [0.1, 0.15) is 11.5 Å². The Morgan fingerprint density at radius 2 is 1.92 bits per heavy atom. The minimum atomic E-state index is -0.886. The molecule has 0 saturated carbocycles. The van der Waals surface area contributed by atoms with Gasteiger partial charge in [0.15, 0.2) is 5.82 Å². The first-order valence-electron chi connectivity index (χ1n) is 12.6. The molecule has 0 aromatic carbocycles. The van der Waals surface area contributed by atoms with Gasteiger partial charge < -0.3 is 10.0 Å². The van der Waals surface area contributed by atoms with Crippen molar-refractivity contribution < 1.29 is 9.90 Å². The molecule has 0 aliphatic carbocycles. The second kappa shape index (κ2) is 9.76. The minimum absolute atomic E-state index is 0.101. The van der Waals surface area contributed by atoms with Crippen molar-refractivity contribution in [2.24, 2.45) is 0 Å². The van der Waals surface area contributed by atoms with E-state index in [2.05, 4.69) is 25.0 Å². The molecule has 192 valence electrons. The number of fused-ring (bicyclic) bond motifs is 1. The number of piperidine rings is 1. The number of nitrogens with zero attached hydrogens (tertiary/aromatic N) is 8. The number of hydrogen-bond donors (Lipinski definition) is 1. The number of hydrogen-bond acceptors (Lipinski definition) is 7. The van der Waals surface area contributed by atoms with E-state index < -0.39 is 11.6 Å². The second-order valence-corrected chi connectivity index (χ2v) is 10.4. The Kier molecular flexibility index (Phi) is 6.49. The van der Waals surface area contributed by atoms with Crippen molar-refractivity contribution in [3.05, 3.63) is 54.7 Å². The van der Waals surface area contributed by atoms with Crippen LogP contribution in [0, 0.1) is 0 Å². The van der Waals surface area contributed by atoms with E-state index >= 15 is 0 Å². The van der Waals surface area contributed by atoms with Crippen LogP contribution in [0.1, 0.15) is 46.2 Å². The molecular formula is C27H32N8O2. The molecule has 1 atom stereocenters. The Bertz CT molecular complexity index is 1430. The molecule has 0 bridgehead atoms. The Balaban J connectivity index is 1.46. The molecule has 0 radical (unpaired) electrons. The predicted octanol–water partition coefficient (Wildman–Crippen LogP) is 4.58. The fraction of sp³-hybridized carbons (Fsp3) is 0.407. The summed E-state index contributed by atoms with van der Waals surface area (Å²) in [7, 11) is 0. The molecule has 0 unspecified atom stereocenters. The monoisotopic (exact) mass is 500 g/mol. The largest absolute Gasteiger partial charge is 0.465 e. The highest BCUT2D eigenvalue weighted by Crippen LogP contribution is 2.28. The van der Waals surface area contributed by atoms with Crippen LogP contribution in [0.5, 0.6) is 0 Å². The zero-order valence-electron chi connectivity index (χ0n) is 21.7. The van der Waals surface area contributed by atoms with Crippen LogP contribution in [0.2, 0.25) is 0 Å². The van der Waals surface area contributed by atoms with Gasteiger partial charge in [0.2, 0.25) is 0 Å². The topological polar surface area (TPSA) is 113 Å². The lowest BCUT2D eigenvalue weighted by molar-refractivity contribution is 0.0647. The molecule has 1 fully saturated rings. The van der Waals surface area contributed by atoms with Gasteiger partial charge in [-0.05, 0) is 58.2 Å². The van der Waals surface area contributed by atoms with Gasteiger partial charge in [0.05, 0.1) is 35.3 Å². The van der Waals surface area contributed by atoms with Crippen LogP contribution >= 0.6 is 0 Å². The number of anilines is 1. The lowest BCUT2D eigenvalue weighted by atomic mass is 9.97. The van der Waals surface area contributed by atoms with Crippen molar-refractivity contribution in [2.45, 2.75) is 58.5 Å². The van der Waals surface area contributed by atoms with Crippen LogP contribution < -0.4 is 4.90 Å². The van der Waals surface area contributed by atoms with Crippen LogP contribution in [-0.2, 0) is 6.42 Å². The average Bonchev–Trinajstić information content (AvgIpc) is 3.31. The lowest BCUT2D eigenvalue weighted by Gasteiger charge is -2.44. The Morgan fingerprint density at radius 3 is 2.68 bits per heavy atom. The summed E-state index contributed by atoms with van der Waals surface area (Å²) < 4.78 is 1.81. The standard InChI is InChI=1S/C27H32N8O2/c1-5-19-15-28-16-22(31-19)21-12-23-18(13-29-21)14-30-35(23)25-10-6-9-24(32-25)33-11-7-8-20(17-33)34(26(36)37)27(2,3)4/h6,9-10,12-16,20H,5,7-8,11,17H2,1-4H3,(H,36,37)/t20-/m0/s1. The summed E-state index contributed by atoms with van der Waals surface area (Å²) in [5.41, 5.74) is 2.75. The molecule has 1 aliphatic heterocycles. The Labute approximate surface area is 216 Å². The first kappa shape index (κ1) is 24.6. The molecule has 5 heterocycles. The number of rotatable bonds is 5. The normalized spacial score (nSPS) is 16.2. The van der Waals surface area contributed by atoms with Gasteiger partial charge in [0.25, 0.3) is 0 Å². The van der Waals surface area contributed by atoms with E-state index in [1.807, 2.05) is 52.0 Å². The molecule has 1 amide bonds. The van der Waals surface area contributed by atoms with Gasteiger partial charge >= 0.3 is 6.09 Å². The SMILES string of the molecule is CCc1cncc(-c2cc3c(cn2)cnn3-c2cccc(N3CCC[C@H](N(C(=O)O)C(C)(C)C)C3)n2)n1. The molecule has 37 heavy (non-hydrogen) atoms. The predicted molar refractivity (Wildman–Crippen MR) is 142 cm³/mol. The average molecular weight is 501 g/mol. The molecule has 1 aliphatic rings. The summed E-state index contributed by atoms with van der Waals surface area (Å²) in [6.45, 7) is 9.29. The third kappa shape index (κ3) is 4.96. The van der Waals surface area contributed by atoms with E-state index in [1.165, 1.54) is 0 Å². The molecule has 1 saturated heterocycles. The summed E-state index contributed by atoms with van der Waals surface area (Å²) >= 11 is 0. The van der Waals surface area contributed by atoms with Gasteiger partial charge in [-0.1, -0.05) is 13.0 Å². The van der Waals surface area contributed by atoms with Gasteiger partial charge in [-0.25, -0.2) is 19.4 Å². The van der Waals surface area contributed by atoms with E-state index in [0.29, 0.717) is 12.4 Å². The van der Waals surface area contributed by atoms with Crippen LogP contribution in [0.3, 0.4) is 0 Å². The lowest BCUT2D eigenvalue weighted by Crippen LogP contribution is -2.57.